The van der Waals surface area contributed by atoms with Crippen LogP contribution >= 0.6 is 0 Å². The predicted octanol–water partition coefficient (Wildman–Crippen LogP) is -1.01. The first-order valence-electron chi connectivity index (χ1n) is 6.31. The van der Waals surface area contributed by atoms with Gasteiger partial charge >= 0.3 is 0 Å². The molecule has 0 bridgehead atoms. The van der Waals surface area contributed by atoms with Crippen molar-refractivity contribution in [3.63, 3.8) is 0 Å². The number of aromatic nitrogens is 3. The van der Waals surface area contributed by atoms with Crippen molar-refractivity contribution in [1.82, 2.24) is 14.6 Å². The molecule has 21 heavy (non-hydrogen) atoms. The Morgan fingerprint density at radius 1 is 1.52 bits per heavy atom. The molecule has 1 fully saturated rings. The van der Waals surface area contributed by atoms with Crippen LogP contribution in [0.15, 0.2) is 12.4 Å². The largest absolute Gasteiger partial charge is 0.393 e. The Labute approximate surface area is 118 Å². The number of nitrogen functional groups attached to an aromatic ring is 1. The molecular formula is C12H15FN4O4. The van der Waals surface area contributed by atoms with Crippen molar-refractivity contribution in [2.24, 2.45) is 0 Å². The molecule has 1 saturated heterocycles. The van der Waals surface area contributed by atoms with Gasteiger partial charge in [0.1, 0.15) is 35.8 Å². The van der Waals surface area contributed by atoms with Gasteiger partial charge in [-0.1, -0.05) is 0 Å². The average Bonchev–Trinajstić information content (AvgIpc) is 2.91. The molecule has 114 valence electrons. The number of fused-ring (bicyclic) bond motifs is 1. The molecule has 0 aromatic carbocycles. The highest BCUT2D eigenvalue weighted by molar-refractivity contribution is 5.66. The fourth-order valence-electron chi connectivity index (χ4n) is 2.57. The van der Waals surface area contributed by atoms with Crippen LogP contribution in [-0.2, 0) is 4.74 Å². The highest BCUT2D eigenvalue weighted by Gasteiger charge is 2.52. The van der Waals surface area contributed by atoms with Crippen LogP contribution in [0, 0.1) is 5.82 Å². The maximum Gasteiger partial charge on any atom is 0.154 e. The van der Waals surface area contributed by atoms with Crippen molar-refractivity contribution in [2.45, 2.75) is 30.8 Å². The van der Waals surface area contributed by atoms with Crippen molar-refractivity contribution in [3.05, 3.63) is 23.9 Å². The van der Waals surface area contributed by atoms with Gasteiger partial charge in [-0.15, -0.1) is 0 Å². The Morgan fingerprint density at radius 3 is 2.86 bits per heavy atom. The van der Waals surface area contributed by atoms with Gasteiger partial charge in [0.15, 0.2) is 11.6 Å². The zero-order chi connectivity index (χ0) is 15.4. The fraction of sp³-hybridized carbons (Fsp3) is 0.500. The van der Waals surface area contributed by atoms with Gasteiger partial charge in [-0.05, 0) is 6.92 Å². The second-order valence-electron chi connectivity index (χ2n) is 5.27. The lowest BCUT2D eigenvalue weighted by Crippen LogP contribution is -2.43. The molecule has 2 aromatic heterocycles. The summed E-state index contributed by atoms with van der Waals surface area (Å²) in [5.41, 5.74) is 4.41. The Balaban J connectivity index is 2.12. The number of hydrogen-bond donors (Lipinski definition) is 4. The lowest BCUT2D eigenvalue weighted by Gasteiger charge is -2.24. The first kappa shape index (κ1) is 14.1. The highest BCUT2D eigenvalue weighted by Crippen LogP contribution is 2.40. The topological polar surface area (TPSA) is 126 Å². The second kappa shape index (κ2) is 4.60. The first-order valence-corrected chi connectivity index (χ1v) is 6.31. The lowest BCUT2D eigenvalue weighted by atomic mass is 9.97. The maximum absolute atomic E-state index is 14.0. The van der Waals surface area contributed by atoms with E-state index in [2.05, 4.69) is 10.1 Å². The molecule has 0 spiro atoms. The summed E-state index contributed by atoms with van der Waals surface area (Å²) in [5, 5.41) is 33.3. The van der Waals surface area contributed by atoms with Gasteiger partial charge in [0, 0.05) is 6.07 Å². The number of ether oxygens (including phenoxy) is 1. The van der Waals surface area contributed by atoms with E-state index in [1.54, 1.807) is 0 Å². The molecule has 8 nitrogen and oxygen atoms in total. The molecule has 1 aliphatic heterocycles. The van der Waals surface area contributed by atoms with Gasteiger partial charge < -0.3 is 25.8 Å². The molecule has 1 aliphatic rings. The molecule has 3 rings (SSSR count). The number of halogens is 1. The number of rotatable bonds is 2. The summed E-state index contributed by atoms with van der Waals surface area (Å²) >= 11 is 0. The third kappa shape index (κ3) is 1.89. The van der Waals surface area contributed by atoms with E-state index < -0.39 is 36.3 Å². The van der Waals surface area contributed by atoms with E-state index in [0.717, 1.165) is 12.4 Å². The van der Waals surface area contributed by atoms with E-state index in [-0.39, 0.29) is 17.0 Å². The number of hydrogen-bond acceptors (Lipinski definition) is 7. The minimum atomic E-state index is -1.34. The van der Waals surface area contributed by atoms with E-state index in [1.165, 1.54) is 11.4 Å². The van der Waals surface area contributed by atoms with Crippen LogP contribution in [-0.4, -0.2) is 54.3 Å². The molecule has 9 heteroatoms. The normalized spacial score (nSPS) is 32.9. The summed E-state index contributed by atoms with van der Waals surface area (Å²) in [6, 6.07) is 1.12. The van der Waals surface area contributed by atoms with Crippen LogP contribution in [0.1, 0.15) is 18.7 Å². The van der Waals surface area contributed by atoms with Crippen molar-refractivity contribution >= 4 is 11.3 Å². The molecule has 2 aromatic rings. The summed E-state index contributed by atoms with van der Waals surface area (Å²) < 4.78 is 20.7. The van der Waals surface area contributed by atoms with Gasteiger partial charge in [-0.2, -0.15) is 5.10 Å². The van der Waals surface area contributed by atoms with Gasteiger partial charge in [0.25, 0.3) is 0 Å². The zero-order valence-corrected chi connectivity index (χ0v) is 11.1. The van der Waals surface area contributed by atoms with E-state index in [0.29, 0.717) is 0 Å². The quantitative estimate of drug-likeness (QED) is 0.560. The number of nitrogens with zero attached hydrogens (tertiary/aromatic N) is 3. The SMILES string of the molecule is C[C@]1(CO)O[C@@H](c2cc(F)c3c(N)ncnn23)[C@H](O)[C@@H]1O. The molecule has 0 saturated carbocycles. The summed E-state index contributed by atoms with van der Waals surface area (Å²) in [4.78, 5) is 3.70. The minimum Gasteiger partial charge on any atom is -0.393 e. The first-order chi connectivity index (χ1) is 9.89. The Kier molecular flexibility index (Phi) is 3.10. The van der Waals surface area contributed by atoms with Crippen LogP contribution in [0.2, 0.25) is 0 Å². The minimum absolute atomic E-state index is 0.0320. The summed E-state index contributed by atoms with van der Waals surface area (Å²) in [6.45, 7) is 0.959. The van der Waals surface area contributed by atoms with Gasteiger partial charge in [0.05, 0.1) is 12.3 Å². The number of aliphatic hydroxyl groups is 3. The average molecular weight is 298 g/mol. The van der Waals surface area contributed by atoms with Crippen LogP contribution in [0.3, 0.4) is 0 Å². The van der Waals surface area contributed by atoms with E-state index >= 15 is 0 Å². The molecule has 5 N–H and O–H groups in total. The Morgan fingerprint density at radius 2 is 2.24 bits per heavy atom. The van der Waals surface area contributed by atoms with E-state index in [4.69, 9.17) is 10.5 Å². The smallest absolute Gasteiger partial charge is 0.154 e. The number of aliphatic hydroxyl groups excluding tert-OH is 3. The molecule has 0 unspecified atom stereocenters. The number of anilines is 1. The van der Waals surface area contributed by atoms with Crippen LogP contribution in [0.4, 0.5) is 10.2 Å². The second-order valence-corrected chi connectivity index (χ2v) is 5.27. The van der Waals surface area contributed by atoms with Gasteiger partial charge in [-0.3, -0.25) is 0 Å². The molecule has 0 radical (unpaired) electrons. The van der Waals surface area contributed by atoms with Gasteiger partial charge in [0.2, 0.25) is 0 Å². The Hall–Kier alpha value is -1.81. The standard InChI is InChI=1S/C12H15FN4O4/c1-12(3-18)10(20)8(19)9(21-12)6-2-5(13)7-11(14)15-4-16-17(6)7/h2,4,8-10,18-20H,3H2,1H3,(H2,14,15,16)/t8-,9-,10-,12+/m0/s1. The maximum atomic E-state index is 14.0. The molecule has 0 aliphatic carbocycles. The number of nitrogens with two attached hydrogens (primary N) is 1. The molecule has 3 heterocycles. The lowest BCUT2D eigenvalue weighted by molar-refractivity contribution is -0.100. The summed E-state index contributed by atoms with van der Waals surface area (Å²) in [6.07, 6.45) is -2.56. The summed E-state index contributed by atoms with van der Waals surface area (Å²) in [5.74, 6) is -0.710. The van der Waals surface area contributed by atoms with E-state index in [9.17, 15) is 19.7 Å². The van der Waals surface area contributed by atoms with Crippen molar-refractivity contribution < 1.29 is 24.4 Å². The predicted molar refractivity (Wildman–Crippen MR) is 68.7 cm³/mol. The van der Waals surface area contributed by atoms with Crippen molar-refractivity contribution in [2.75, 3.05) is 12.3 Å². The van der Waals surface area contributed by atoms with E-state index in [1.807, 2.05) is 0 Å². The molecular weight excluding hydrogens is 283 g/mol. The Bertz CT molecular complexity index is 693. The van der Waals surface area contributed by atoms with Crippen LogP contribution in [0.25, 0.3) is 5.52 Å². The molecule has 0 amide bonds. The van der Waals surface area contributed by atoms with Crippen LogP contribution in [0.5, 0.6) is 0 Å². The third-order valence-electron chi connectivity index (χ3n) is 3.82. The highest BCUT2D eigenvalue weighted by atomic mass is 19.1. The fourth-order valence-corrected chi connectivity index (χ4v) is 2.57. The third-order valence-corrected chi connectivity index (χ3v) is 3.82. The monoisotopic (exact) mass is 298 g/mol. The van der Waals surface area contributed by atoms with Crippen molar-refractivity contribution in [1.29, 1.82) is 0 Å². The zero-order valence-electron chi connectivity index (χ0n) is 11.1. The van der Waals surface area contributed by atoms with Crippen molar-refractivity contribution in [3.8, 4) is 0 Å². The van der Waals surface area contributed by atoms with Crippen LogP contribution < -0.4 is 5.73 Å². The summed E-state index contributed by atoms with van der Waals surface area (Å²) in [7, 11) is 0. The van der Waals surface area contributed by atoms with Gasteiger partial charge in [-0.25, -0.2) is 13.9 Å². The molecule has 4 atom stereocenters.